The van der Waals surface area contributed by atoms with Crippen molar-refractivity contribution in [2.24, 2.45) is 5.92 Å². The summed E-state index contributed by atoms with van der Waals surface area (Å²) in [4.78, 5) is 14.2. The molecule has 1 aliphatic carbocycles. The van der Waals surface area contributed by atoms with Crippen LogP contribution < -0.4 is 10.2 Å². The van der Waals surface area contributed by atoms with E-state index in [1.54, 1.807) is 0 Å². The topological polar surface area (TPSA) is 32.3 Å². The summed E-state index contributed by atoms with van der Waals surface area (Å²) < 4.78 is 0. The number of rotatable bonds is 4. The van der Waals surface area contributed by atoms with E-state index in [9.17, 15) is 4.79 Å². The lowest BCUT2D eigenvalue weighted by Crippen LogP contribution is -2.32. The van der Waals surface area contributed by atoms with Gasteiger partial charge in [0, 0.05) is 19.0 Å². The number of para-hydroxylation sites is 2. The van der Waals surface area contributed by atoms with Crippen molar-refractivity contribution >= 4 is 29.9 Å². The Morgan fingerprint density at radius 2 is 2.21 bits per heavy atom. The van der Waals surface area contributed by atoms with Gasteiger partial charge < -0.3 is 10.2 Å². The Morgan fingerprint density at radius 3 is 2.89 bits per heavy atom. The molecule has 1 heterocycles. The number of thiol groups is 1. The van der Waals surface area contributed by atoms with E-state index in [4.69, 9.17) is 0 Å². The van der Waals surface area contributed by atoms with Gasteiger partial charge in [0.2, 0.25) is 5.91 Å². The molecule has 19 heavy (non-hydrogen) atoms. The molecular weight excluding hydrogens is 256 g/mol. The van der Waals surface area contributed by atoms with Gasteiger partial charge in [0.25, 0.3) is 0 Å². The molecule has 0 spiro atoms. The van der Waals surface area contributed by atoms with Gasteiger partial charge in [-0.15, -0.1) is 0 Å². The molecule has 1 aromatic carbocycles. The minimum Gasteiger partial charge on any atom is -0.367 e. The molecule has 3 nitrogen and oxygen atoms in total. The highest BCUT2D eigenvalue weighted by molar-refractivity contribution is 7.80. The lowest BCUT2D eigenvalue weighted by atomic mass is 10.1. The van der Waals surface area contributed by atoms with E-state index in [0.717, 1.165) is 18.2 Å². The first-order valence-electron chi connectivity index (χ1n) is 7.04. The van der Waals surface area contributed by atoms with Gasteiger partial charge in [-0.05, 0) is 43.1 Å². The van der Waals surface area contributed by atoms with E-state index in [-0.39, 0.29) is 5.91 Å². The van der Waals surface area contributed by atoms with Crippen LogP contribution in [0.4, 0.5) is 11.4 Å². The Balaban J connectivity index is 1.79. The van der Waals surface area contributed by atoms with E-state index in [0.29, 0.717) is 18.2 Å². The van der Waals surface area contributed by atoms with Crippen molar-refractivity contribution in [2.45, 2.75) is 31.7 Å². The second kappa shape index (κ2) is 5.45. The second-order valence-electron chi connectivity index (χ2n) is 5.52. The maximum Gasteiger partial charge on any atom is 0.225 e. The van der Waals surface area contributed by atoms with Gasteiger partial charge in [0.15, 0.2) is 0 Å². The SMILES string of the molecule is O=C(CCS)Nc1ccccc1N1CC2CCC1C2. The third kappa shape index (κ3) is 2.59. The summed E-state index contributed by atoms with van der Waals surface area (Å²) >= 11 is 4.10. The van der Waals surface area contributed by atoms with Gasteiger partial charge in [0.1, 0.15) is 0 Å². The van der Waals surface area contributed by atoms with E-state index in [2.05, 4.69) is 35.0 Å². The van der Waals surface area contributed by atoms with Crippen LogP contribution in [-0.4, -0.2) is 24.2 Å². The Bertz CT molecular complexity index is 477. The number of amides is 1. The van der Waals surface area contributed by atoms with E-state index >= 15 is 0 Å². The predicted molar refractivity (Wildman–Crippen MR) is 82.0 cm³/mol. The lowest BCUT2D eigenvalue weighted by molar-refractivity contribution is -0.115. The molecule has 1 amide bonds. The van der Waals surface area contributed by atoms with Gasteiger partial charge in [0.05, 0.1) is 11.4 Å². The van der Waals surface area contributed by atoms with Crippen LogP contribution in [0.2, 0.25) is 0 Å². The Kier molecular flexibility index (Phi) is 3.69. The average Bonchev–Trinajstić information content (AvgIpc) is 3.02. The molecule has 1 N–H and O–H groups in total. The quantitative estimate of drug-likeness (QED) is 0.829. The molecule has 0 radical (unpaired) electrons. The first kappa shape index (κ1) is 12.9. The summed E-state index contributed by atoms with van der Waals surface area (Å²) in [5.74, 6) is 1.49. The van der Waals surface area contributed by atoms with Crippen LogP contribution in [0.1, 0.15) is 25.7 Å². The van der Waals surface area contributed by atoms with Crippen molar-refractivity contribution in [3.05, 3.63) is 24.3 Å². The first-order valence-corrected chi connectivity index (χ1v) is 7.67. The summed E-state index contributed by atoms with van der Waals surface area (Å²) in [7, 11) is 0. The van der Waals surface area contributed by atoms with Crippen LogP contribution >= 0.6 is 12.6 Å². The lowest BCUT2D eigenvalue weighted by Gasteiger charge is -2.31. The average molecular weight is 276 g/mol. The maximum atomic E-state index is 11.8. The second-order valence-corrected chi connectivity index (χ2v) is 5.97. The molecule has 1 saturated heterocycles. The van der Waals surface area contributed by atoms with Gasteiger partial charge in [-0.2, -0.15) is 12.6 Å². The van der Waals surface area contributed by atoms with E-state index in [1.165, 1.54) is 24.9 Å². The molecule has 0 aromatic heterocycles. The fourth-order valence-electron chi connectivity index (χ4n) is 3.36. The number of piperidine rings is 1. The van der Waals surface area contributed by atoms with Crippen LogP contribution in [0.25, 0.3) is 0 Å². The van der Waals surface area contributed by atoms with Crippen molar-refractivity contribution in [1.82, 2.24) is 0 Å². The molecule has 102 valence electrons. The van der Waals surface area contributed by atoms with Crippen molar-refractivity contribution in [1.29, 1.82) is 0 Å². The number of fused-ring (bicyclic) bond motifs is 2. The summed E-state index contributed by atoms with van der Waals surface area (Å²) in [6.45, 7) is 1.14. The summed E-state index contributed by atoms with van der Waals surface area (Å²) in [5.41, 5.74) is 2.13. The third-order valence-corrected chi connectivity index (χ3v) is 4.46. The molecule has 1 aromatic rings. The molecule has 2 bridgehead atoms. The van der Waals surface area contributed by atoms with Crippen LogP contribution in [-0.2, 0) is 4.79 Å². The zero-order valence-electron chi connectivity index (χ0n) is 11.0. The van der Waals surface area contributed by atoms with Gasteiger partial charge in [-0.25, -0.2) is 0 Å². The zero-order chi connectivity index (χ0) is 13.2. The third-order valence-electron chi connectivity index (χ3n) is 4.24. The smallest absolute Gasteiger partial charge is 0.225 e. The number of nitrogens with zero attached hydrogens (tertiary/aromatic N) is 1. The number of nitrogens with one attached hydrogen (secondary N) is 1. The van der Waals surface area contributed by atoms with E-state index in [1.807, 2.05) is 12.1 Å². The monoisotopic (exact) mass is 276 g/mol. The molecule has 2 aliphatic rings. The minimum absolute atomic E-state index is 0.0480. The Hall–Kier alpha value is -1.16. The van der Waals surface area contributed by atoms with Crippen molar-refractivity contribution in [3.8, 4) is 0 Å². The molecular formula is C15H20N2OS. The van der Waals surface area contributed by atoms with Crippen LogP contribution in [0, 0.1) is 5.92 Å². The molecule has 1 saturated carbocycles. The van der Waals surface area contributed by atoms with Crippen molar-refractivity contribution in [3.63, 3.8) is 0 Å². The normalized spacial score (nSPS) is 24.8. The molecule has 4 heteroatoms. The standard InChI is InChI=1S/C15H20N2OS/c18-15(7-8-19)16-13-3-1-2-4-14(13)17-10-11-5-6-12(17)9-11/h1-4,11-12,19H,5-10H2,(H,16,18). The number of benzene rings is 1. The van der Waals surface area contributed by atoms with Crippen LogP contribution in [0.5, 0.6) is 0 Å². The highest BCUT2D eigenvalue weighted by atomic mass is 32.1. The fourth-order valence-corrected chi connectivity index (χ4v) is 3.57. The summed E-state index contributed by atoms with van der Waals surface area (Å²) in [5, 5.41) is 3.02. The zero-order valence-corrected chi connectivity index (χ0v) is 11.9. The van der Waals surface area contributed by atoms with Crippen LogP contribution in [0.15, 0.2) is 24.3 Å². The largest absolute Gasteiger partial charge is 0.367 e. The fraction of sp³-hybridized carbons (Fsp3) is 0.533. The molecule has 2 fully saturated rings. The number of carbonyl (C=O) groups excluding carboxylic acids is 1. The summed E-state index contributed by atoms with van der Waals surface area (Å²) in [6, 6.07) is 8.83. The van der Waals surface area contributed by atoms with Gasteiger partial charge >= 0.3 is 0 Å². The van der Waals surface area contributed by atoms with Gasteiger partial charge in [-0.1, -0.05) is 12.1 Å². The predicted octanol–water partition coefficient (Wildman–Crippen LogP) is 2.93. The highest BCUT2D eigenvalue weighted by Gasteiger charge is 2.38. The molecule has 2 atom stereocenters. The van der Waals surface area contributed by atoms with Crippen molar-refractivity contribution < 1.29 is 4.79 Å². The van der Waals surface area contributed by atoms with Crippen LogP contribution in [0.3, 0.4) is 0 Å². The minimum atomic E-state index is 0.0480. The first-order chi connectivity index (χ1) is 9.28. The molecule has 3 rings (SSSR count). The molecule has 2 unspecified atom stereocenters. The number of carbonyl (C=O) groups is 1. The molecule has 1 aliphatic heterocycles. The maximum absolute atomic E-state index is 11.8. The van der Waals surface area contributed by atoms with E-state index < -0.39 is 0 Å². The Morgan fingerprint density at radius 1 is 1.37 bits per heavy atom. The summed E-state index contributed by atoms with van der Waals surface area (Å²) in [6.07, 6.45) is 4.45. The number of hydrogen-bond donors (Lipinski definition) is 2. The number of anilines is 2. The van der Waals surface area contributed by atoms with Crippen molar-refractivity contribution in [2.75, 3.05) is 22.5 Å². The van der Waals surface area contributed by atoms with Gasteiger partial charge in [-0.3, -0.25) is 4.79 Å². The highest BCUT2D eigenvalue weighted by Crippen LogP contribution is 2.42. The number of hydrogen-bond acceptors (Lipinski definition) is 3. The Labute approximate surface area is 119 Å².